The monoisotopic (exact) mass is 483 g/mol. The summed E-state index contributed by atoms with van der Waals surface area (Å²) >= 11 is 6.50. The molecule has 0 radical (unpaired) electrons. The van der Waals surface area contributed by atoms with E-state index in [9.17, 15) is 14.4 Å². The average Bonchev–Trinajstić information content (AvgIpc) is 3.52. The van der Waals surface area contributed by atoms with Crippen LogP contribution < -0.4 is 10.2 Å². The first kappa shape index (κ1) is 23.8. The number of hydrogen-bond donors (Lipinski definition) is 1. The molecular formula is C24H26ClN5O4. The molecule has 1 N–H and O–H groups in total. The predicted octanol–water partition coefficient (Wildman–Crippen LogP) is 3.96. The zero-order valence-corrected chi connectivity index (χ0v) is 20.2. The van der Waals surface area contributed by atoms with Crippen molar-refractivity contribution in [3.05, 3.63) is 29.4 Å². The maximum atomic E-state index is 13.0. The Morgan fingerprint density at radius 1 is 1.29 bits per heavy atom. The summed E-state index contributed by atoms with van der Waals surface area (Å²) < 4.78 is 5.41. The number of carbonyl (C=O) groups excluding carboxylic acids is 3. The van der Waals surface area contributed by atoms with Gasteiger partial charge in [0, 0.05) is 23.8 Å². The number of rotatable bonds is 3. The number of hydrogen-bond acceptors (Lipinski definition) is 6. The van der Waals surface area contributed by atoms with Crippen LogP contribution >= 0.6 is 11.6 Å². The second-order valence-electron chi connectivity index (χ2n) is 9.76. The molecule has 9 nitrogen and oxygen atoms in total. The van der Waals surface area contributed by atoms with Crippen LogP contribution in [0.1, 0.15) is 34.1 Å². The predicted molar refractivity (Wildman–Crippen MR) is 127 cm³/mol. The normalized spacial score (nSPS) is 22.4. The summed E-state index contributed by atoms with van der Waals surface area (Å²) in [4.78, 5) is 45.1. The largest absolute Gasteiger partial charge is 0.444 e. The van der Waals surface area contributed by atoms with Gasteiger partial charge in [-0.15, -0.1) is 0 Å². The number of piperazine rings is 1. The molecule has 1 aliphatic carbocycles. The summed E-state index contributed by atoms with van der Waals surface area (Å²) in [6.45, 7) is 7.40. The minimum Gasteiger partial charge on any atom is -0.444 e. The van der Waals surface area contributed by atoms with Gasteiger partial charge in [0.2, 0.25) is 11.8 Å². The van der Waals surface area contributed by atoms with Crippen LogP contribution in [-0.2, 0) is 14.3 Å². The number of anilines is 2. The molecule has 1 aliphatic heterocycles. The fourth-order valence-corrected chi connectivity index (χ4v) is 4.34. The topological polar surface area (TPSA) is 116 Å². The zero-order valence-electron chi connectivity index (χ0n) is 19.5. The second-order valence-corrected chi connectivity index (χ2v) is 10.2. The van der Waals surface area contributed by atoms with E-state index >= 15 is 0 Å². The van der Waals surface area contributed by atoms with Crippen molar-refractivity contribution < 1.29 is 19.1 Å². The van der Waals surface area contributed by atoms with Gasteiger partial charge in [-0.25, -0.2) is 9.78 Å². The molecule has 4 rings (SSSR count). The van der Waals surface area contributed by atoms with Gasteiger partial charge in [0.15, 0.2) is 0 Å². The Hall–Kier alpha value is -3.38. The van der Waals surface area contributed by atoms with E-state index in [0.29, 0.717) is 40.3 Å². The van der Waals surface area contributed by atoms with E-state index in [-0.39, 0.29) is 36.2 Å². The van der Waals surface area contributed by atoms with Gasteiger partial charge in [0.1, 0.15) is 18.0 Å². The number of amides is 3. The highest BCUT2D eigenvalue weighted by molar-refractivity contribution is 6.36. The van der Waals surface area contributed by atoms with Crippen molar-refractivity contribution in [2.45, 2.75) is 45.8 Å². The molecule has 10 heteroatoms. The third-order valence-corrected chi connectivity index (χ3v) is 6.08. The van der Waals surface area contributed by atoms with Gasteiger partial charge in [-0.05, 0) is 57.7 Å². The van der Waals surface area contributed by atoms with Crippen LogP contribution in [0.2, 0.25) is 5.02 Å². The third kappa shape index (κ3) is 4.92. The fraction of sp³-hybridized carbons (Fsp3) is 0.458. The fourth-order valence-electron chi connectivity index (χ4n) is 4.07. The molecule has 0 spiro atoms. The minimum absolute atomic E-state index is 0.103. The Balaban J connectivity index is 1.55. The number of nitrogens with one attached hydrogen (secondary N) is 1. The highest BCUT2D eigenvalue weighted by Crippen LogP contribution is 2.39. The Bertz CT molecular complexity index is 1220. The number of pyridine rings is 1. The van der Waals surface area contributed by atoms with Crippen LogP contribution in [0.3, 0.4) is 0 Å². The Labute approximate surface area is 202 Å². The zero-order chi connectivity index (χ0) is 24.8. The van der Waals surface area contributed by atoms with Gasteiger partial charge in [-0.2, -0.15) is 5.26 Å². The third-order valence-electron chi connectivity index (χ3n) is 5.77. The van der Waals surface area contributed by atoms with Crippen molar-refractivity contribution in [1.82, 2.24) is 9.88 Å². The number of fused-ring (bicyclic) bond motifs is 1. The maximum absolute atomic E-state index is 13.0. The highest BCUT2D eigenvalue weighted by atomic mass is 35.5. The molecule has 34 heavy (non-hydrogen) atoms. The summed E-state index contributed by atoms with van der Waals surface area (Å²) in [5.41, 5.74) is -0.0585. The van der Waals surface area contributed by atoms with Gasteiger partial charge in [-0.3, -0.25) is 14.5 Å². The molecule has 1 aromatic heterocycles. The number of halogens is 1. The first-order valence-electron chi connectivity index (χ1n) is 11.1. The van der Waals surface area contributed by atoms with Crippen molar-refractivity contribution in [1.29, 1.82) is 5.26 Å². The Morgan fingerprint density at radius 3 is 2.65 bits per heavy atom. The van der Waals surface area contributed by atoms with E-state index < -0.39 is 11.7 Å². The van der Waals surface area contributed by atoms with E-state index in [1.54, 1.807) is 44.0 Å². The van der Waals surface area contributed by atoms with E-state index in [1.165, 1.54) is 4.90 Å². The average molecular weight is 484 g/mol. The lowest BCUT2D eigenvalue weighted by atomic mass is 10.1. The molecule has 1 saturated heterocycles. The first-order chi connectivity index (χ1) is 16.0. The van der Waals surface area contributed by atoms with E-state index in [1.807, 2.05) is 13.0 Å². The molecular weight excluding hydrogens is 458 g/mol. The van der Waals surface area contributed by atoms with Crippen molar-refractivity contribution in [3.8, 4) is 6.07 Å². The van der Waals surface area contributed by atoms with Crippen LogP contribution in [0.5, 0.6) is 0 Å². The first-order valence-corrected chi connectivity index (χ1v) is 11.4. The van der Waals surface area contributed by atoms with Gasteiger partial charge in [-0.1, -0.05) is 11.6 Å². The molecule has 3 atom stereocenters. The van der Waals surface area contributed by atoms with Gasteiger partial charge in [0.05, 0.1) is 29.0 Å². The quantitative estimate of drug-likeness (QED) is 0.706. The smallest absolute Gasteiger partial charge is 0.410 e. The van der Waals surface area contributed by atoms with Crippen LogP contribution in [0.4, 0.5) is 16.3 Å². The molecule has 0 bridgehead atoms. The van der Waals surface area contributed by atoms with Gasteiger partial charge >= 0.3 is 6.09 Å². The summed E-state index contributed by atoms with van der Waals surface area (Å²) in [5.74, 6) is -0.685. The summed E-state index contributed by atoms with van der Waals surface area (Å²) in [6.07, 6.45) is 1.60. The van der Waals surface area contributed by atoms with Crippen LogP contribution in [-0.4, -0.2) is 52.5 Å². The molecule has 2 aromatic rings. The highest BCUT2D eigenvalue weighted by Gasteiger charge is 2.43. The van der Waals surface area contributed by atoms with Crippen molar-refractivity contribution in [2.75, 3.05) is 23.3 Å². The maximum Gasteiger partial charge on any atom is 0.410 e. The van der Waals surface area contributed by atoms with E-state index in [4.69, 9.17) is 21.6 Å². The minimum atomic E-state index is -0.650. The van der Waals surface area contributed by atoms with Crippen molar-refractivity contribution in [3.63, 3.8) is 0 Å². The summed E-state index contributed by atoms with van der Waals surface area (Å²) in [6, 6.07) is 6.99. The van der Waals surface area contributed by atoms with Crippen molar-refractivity contribution in [2.24, 2.45) is 11.8 Å². The van der Waals surface area contributed by atoms with Crippen molar-refractivity contribution >= 4 is 51.8 Å². The molecule has 1 saturated carbocycles. The SMILES string of the molecule is CC1CN(C(=O)OC(C)(C)C)CC(=O)N1c1cc(Cl)c2cnc(NC(=O)C3CC3C#N)cc2c1. The molecule has 2 heterocycles. The number of benzene rings is 1. The molecule has 2 aliphatic rings. The van der Waals surface area contributed by atoms with Gasteiger partial charge in [0.25, 0.3) is 0 Å². The van der Waals surface area contributed by atoms with E-state index in [0.717, 1.165) is 0 Å². The van der Waals surface area contributed by atoms with Crippen LogP contribution in [0.25, 0.3) is 10.8 Å². The number of aromatic nitrogens is 1. The number of nitriles is 1. The van der Waals surface area contributed by atoms with Crippen LogP contribution in [0, 0.1) is 23.2 Å². The summed E-state index contributed by atoms with van der Waals surface area (Å²) in [7, 11) is 0. The molecule has 3 unspecified atom stereocenters. The molecule has 1 aromatic carbocycles. The Morgan fingerprint density at radius 2 is 2.03 bits per heavy atom. The lowest BCUT2D eigenvalue weighted by Crippen LogP contribution is -2.57. The van der Waals surface area contributed by atoms with Gasteiger partial charge < -0.3 is 15.0 Å². The standard InChI is InChI=1S/C24H26ClN5O4/c1-13-11-29(23(33)34-24(2,3)4)12-21(31)30(13)16-5-14-7-20(27-10-18(14)19(25)8-16)28-22(32)17-6-15(17)9-26/h5,7-8,10,13,15,17H,6,11-12H2,1-4H3,(H,27,28,32). The number of nitrogens with zero attached hydrogens (tertiary/aromatic N) is 4. The molecule has 2 fully saturated rings. The summed E-state index contributed by atoms with van der Waals surface area (Å²) in [5, 5.41) is 13.5. The lowest BCUT2D eigenvalue weighted by molar-refractivity contribution is -0.122. The molecule has 3 amide bonds. The lowest BCUT2D eigenvalue weighted by Gasteiger charge is -2.39. The molecule has 178 valence electrons. The number of carbonyl (C=O) groups is 3. The van der Waals surface area contributed by atoms with E-state index in [2.05, 4.69) is 16.4 Å². The second kappa shape index (κ2) is 8.76. The Kier molecular flexibility index (Phi) is 6.13. The van der Waals surface area contributed by atoms with Crippen LogP contribution in [0.15, 0.2) is 24.4 Å². The number of ether oxygens (including phenoxy) is 1.